The lowest BCUT2D eigenvalue weighted by Crippen LogP contribution is -2.14. The van der Waals surface area contributed by atoms with E-state index in [0.29, 0.717) is 0 Å². The van der Waals surface area contributed by atoms with Crippen LogP contribution in [-0.4, -0.2) is 13.2 Å². The average molecular weight is 193 g/mol. The van der Waals surface area contributed by atoms with Gasteiger partial charge >= 0.3 is 0 Å². The maximum atomic E-state index is 5.89. The molecule has 0 aliphatic heterocycles. The van der Waals surface area contributed by atoms with Gasteiger partial charge in [0.05, 0.1) is 6.10 Å². The highest BCUT2D eigenvalue weighted by molar-refractivity contribution is 5.29. The van der Waals surface area contributed by atoms with Crippen LogP contribution in [0, 0.1) is 0 Å². The lowest BCUT2D eigenvalue weighted by atomic mass is 9.98. The van der Waals surface area contributed by atoms with Crippen molar-refractivity contribution < 1.29 is 4.74 Å². The topological polar surface area (TPSA) is 35.2 Å². The molecule has 78 valence electrons. The van der Waals surface area contributed by atoms with E-state index in [1.54, 1.807) is 7.11 Å². The third-order valence-corrected chi connectivity index (χ3v) is 2.46. The van der Waals surface area contributed by atoms with Gasteiger partial charge in [-0.3, -0.25) is 0 Å². The third kappa shape index (κ3) is 2.82. The Morgan fingerprint density at radius 3 is 2.50 bits per heavy atom. The summed E-state index contributed by atoms with van der Waals surface area (Å²) in [6, 6.07) is 8.37. The zero-order valence-electron chi connectivity index (χ0n) is 9.16. The minimum Gasteiger partial charge on any atom is -0.381 e. The second-order valence-electron chi connectivity index (χ2n) is 3.74. The molecular formula is C12H19NO. The van der Waals surface area contributed by atoms with Crippen molar-refractivity contribution in [2.75, 3.05) is 7.11 Å². The van der Waals surface area contributed by atoms with Gasteiger partial charge in [-0.1, -0.05) is 24.3 Å². The van der Waals surface area contributed by atoms with Gasteiger partial charge in [0.2, 0.25) is 0 Å². The quantitative estimate of drug-likeness (QED) is 0.796. The summed E-state index contributed by atoms with van der Waals surface area (Å²) in [4.78, 5) is 0. The van der Waals surface area contributed by atoms with Gasteiger partial charge in [0.15, 0.2) is 0 Å². The molecule has 0 aliphatic carbocycles. The third-order valence-electron chi connectivity index (χ3n) is 2.46. The molecule has 0 fully saturated rings. The summed E-state index contributed by atoms with van der Waals surface area (Å²) in [7, 11) is 1.74. The summed E-state index contributed by atoms with van der Waals surface area (Å²) < 4.78 is 5.25. The first-order valence-electron chi connectivity index (χ1n) is 5.01. The lowest BCUT2D eigenvalue weighted by molar-refractivity contribution is 0.118. The van der Waals surface area contributed by atoms with Gasteiger partial charge in [0, 0.05) is 13.2 Å². The second-order valence-corrected chi connectivity index (χ2v) is 3.74. The monoisotopic (exact) mass is 193 g/mol. The molecule has 0 aliphatic rings. The summed E-state index contributed by atoms with van der Waals surface area (Å²) in [5.74, 6) is 0. The highest BCUT2D eigenvalue weighted by Crippen LogP contribution is 2.17. The van der Waals surface area contributed by atoms with Gasteiger partial charge in [-0.05, 0) is 31.4 Å². The van der Waals surface area contributed by atoms with Gasteiger partial charge in [0.25, 0.3) is 0 Å². The number of methoxy groups -OCH3 is 1. The highest BCUT2D eigenvalue weighted by Gasteiger charge is 2.08. The van der Waals surface area contributed by atoms with Crippen LogP contribution in [0.3, 0.4) is 0 Å². The van der Waals surface area contributed by atoms with Crippen LogP contribution >= 0.6 is 0 Å². The molecule has 2 N–H and O–H groups in total. The molecule has 2 atom stereocenters. The van der Waals surface area contributed by atoms with Crippen LogP contribution in [0.1, 0.15) is 31.0 Å². The molecule has 14 heavy (non-hydrogen) atoms. The van der Waals surface area contributed by atoms with E-state index in [2.05, 4.69) is 19.1 Å². The number of hydrogen-bond acceptors (Lipinski definition) is 2. The molecule has 0 saturated carbocycles. The van der Waals surface area contributed by atoms with E-state index in [1.165, 1.54) is 11.1 Å². The van der Waals surface area contributed by atoms with Crippen LogP contribution in [-0.2, 0) is 11.2 Å². The summed E-state index contributed by atoms with van der Waals surface area (Å²) >= 11 is 0. The van der Waals surface area contributed by atoms with Gasteiger partial charge in [-0.25, -0.2) is 0 Å². The number of hydrogen-bond donors (Lipinski definition) is 1. The Labute approximate surface area is 86.1 Å². The fraction of sp³-hybridized carbons (Fsp3) is 0.500. The average Bonchev–Trinajstić information content (AvgIpc) is 2.18. The SMILES string of the molecule is COC(C)Cc1ccccc1C(C)N. The van der Waals surface area contributed by atoms with Crippen LogP contribution in [0.15, 0.2) is 24.3 Å². The van der Waals surface area contributed by atoms with Crippen LogP contribution < -0.4 is 5.73 Å². The van der Waals surface area contributed by atoms with Crippen molar-refractivity contribution >= 4 is 0 Å². The Hall–Kier alpha value is -0.860. The van der Waals surface area contributed by atoms with Gasteiger partial charge in [-0.2, -0.15) is 0 Å². The predicted molar refractivity (Wildman–Crippen MR) is 59.2 cm³/mol. The molecule has 0 radical (unpaired) electrons. The molecule has 2 nitrogen and oxygen atoms in total. The molecule has 0 bridgehead atoms. The Morgan fingerprint density at radius 2 is 1.93 bits per heavy atom. The minimum atomic E-state index is 0.0928. The zero-order valence-corrected chi connectivity index (χ0v) is 9.16. The number of nitrogens with two attached hydrogens (primary N) is 1. The van der Waals surface area contributed by atoms with Crippen molar-refractivity contribution in [2.45, 2.75) is 32.4 Å². The molecule has 2 heteroatoms. The second kappa shape index (κ2) is 5.13. The highest BCUT2D eigenvalue weighted by atomic mass is 16.5. The van der Waals surface area contributed by atoms with Crippen LogP contribution in [0.5, 0.6) is 0 Å². The van der Waals surface area contributed by atoms with Crippen molar-refractivity contribution in [1.82, 2.24) is 0 Å². The minimum absolute atomic E-state index is 0.0928. The lowest BCUT2D eigenvalue weighted by Gasteiger charge is -2.15. The van der Waals surface area contributed by atoms with Crippen molar-refractivity contribution in [1.29, 1.82) is 0 Å². The first kappa shape index (κ1) is 11.2. The van der Waals surface area contributed by atoms with Crippen LogP contribution in [0.4, 0.5) is 0 Å². The predicted octanol–water partition coefficient (Wildman–Crippen LogP) is 2.28. The van der Waals surface area contributed by atoms with E-state index in [4.69, 9.17) is 10.5 Å². The largest absolute Gasteiger partial charge is 0.381 e. The van der Waals surface area contributed by atoms with Gasteiger partial charge < -0.3 is 10.5 Å². The molecule has 1 aromatic rings. The summed E-state index contributed by atoms with van der Waals surface area (Å²) in [6.45, 7) is 4.08. The summed E-state index contributed by atoms with van der Waals surface area (Å²) in [5, 5.41) is 0. The first-order chi connectivity index (χ1) is 6.65. The van der Waals surface area contributed by atoms with Gasteiger partial charge in [-0.15, -0.1) is 0 Å². The fourth-order valence-corrected chi connectivity index (χ4v) is 1.56. The Balaban J connectivity index is 2.84. The number of ether oxygens (including phenoxy) is 1. The summed E-state index contributed by atoms with van der Waals surface area (Å²) in [5.41, 5.74) is 8.40. The molecule has 0 aromatic heterocycles. The van der Waals surface area contributed by atoms with E-state index < -0.39 is 0 Å². The molecular weight excluding hydrogens is 174 g/mol. The molecule has 0 saturated heterocycles. The molecule has 0 spiro atoms. The maximum absolute atomic E-state index is 5.89. The molecule has 0 heterocycles. The molecule has 0 amide bonds. The van der Waals surface area contributed by atoms with E-state index in [0.717, 1.165) is 6.42 Å². The Morgan fingerprint density at radius 1 is 1.29 bits per heavy atom. The van der Waals surface area contributed by atoms with E-state index >= 15 is 0 Å². The van der Waals surface area contributed by atoms with Crippen molar-refractivity contribution in [2.24, 2.45) is 5.73 Å². The van der Waals surface area contributed by atoms with E-state index in [1.807, 2.05) is 19.1 Å². The van der Waals surface area contributed by atoms with Crippen LogP contribution in [0.25, 0.3) is 0 Å². The van der Waals surface area contributed by atoms with Gasteiger partial charge in [0.1, 0.15) is 0 Å². The standard InChI is InChI=1S/C12H19NO/c1-9(14-3)8-11-6-4-5-7-12(11)10(2)13/h4-7,9-10H,8,13H2,1-3H3. The normalized spacial score (nSPS) is 15.1. The molecule has 1 aromatic carbocycles. The first-order valence-corrected chi connectivity index (χ1v) is 5.01. The molecule has 1 rings (SSSR count). The maximum Gasteiger partial charge on any atom is 0.0583 e. The fourth-order valence-electron chi connectivity index (χ4n) is 1.56. The Kier molecular flexibility index (Phi) is 4.11. The van der Waals surface area contributed by atoms with E-state index in [9.17, 15) is 0 Å². The Bertz CT molecular complexity index is 283. The van der Waals surface area contributed by atoms with Crippen molar-refractivity contribution in [3.63, 3.8) is 0 Å². The molecule has 2 unspecified atom stereocenters. The number of benzene rings is 1. The van der Waals surface area contributed by atoms with Crippen molar-refractivity contribution in [3.05, 3.63) is 35.4 Å². The summed E-state index contributed by atoms with van der Waals surface area (Å²) in [6.07, 6.45) is 1.17. The number of rotatable bonds is 4. The van der Waals surface area contributed by atoms with E-state index in [-0.39, 0.29) is 12.1 Å². The van der Waals surface area contributed by atoms with Crippen LogP contribution in [0.2, 0.25) is 0 Å². The smallest absolute Gasteiger partial charge is 0.0583 e. The van der Waals surface area contributed by atoms with Crippen molar-refractivity contribution in [3.8, 4) is 0 Å². The zero-order chi connectivity index (χ0) is 10.6.